The molecule has 1 atom stereocenters. The van der Waals surface area contributed by atoms with Gasteiger partial charge in [-0.1, -0.05) is 0 Å². The Morgan fingerprint density at radius 1 is 1.47 bits per heavy atom. The number of nitrogens with zero attached hydrogens (tertiary/aromatic N) is 2. The predicted octanol–water partition coefficient (Wildman–Crippen LogP) is 0.914. The van der Waals surface area contributed by atoms with Crippen LogP contribution >= 0.6 is 0 Å². The minimum absolute atomic E-state index is 0.290. The number of likely N-dealkylation sites (tertiary alicyclic amines) is 1. The Hall–Kier alpha value is -0.610. The molecule has 0 radical (unpaired) electrons. The summed E-state index contributed by atoms with van der Waals surface area (Å²) in [5.41, 5.74) is 5.60. The van der Waals surface area contributed by atoms with Crippen molar-refractivity contribution in [3.8, 4) is 0 Å². The van der Waals surface area contributed by atoms with E-state index < -0.39 is 0 Å². The van der Waals surface area contributed by atoms with Gasteiger partial charge in [-0.15, -0.1) is 0 Å². The summed E-state index contributed by atoms with van der Waals surface area (Å²) in [6, 6.07) is 0.602. The molecule has 1 unspecified atom stereocenters. The van der Waals surface area contributed by atoms with Crippen molar-refractivity contribution in [1.82, 2.24) is 9.80 Å². The normalized spacial score (nSPS) is 20.9. The highest BCUT2D eigenvalue weighted by Gasteiger charge is 2.27. The molecule has 4 nitrogen and oxygen atoms in total. The minimum atomic E-state index is 0.290. The third-order valence-corrected chi connectivity index (χ3v) is 3.70. The molecular formula is C13H27N3O. The van der Waals surface area contributed by atoms with Gasteiger partial charge in [0.2, 0.25) is 5.91 Å². The Bertz CT molecular complexity index is 243. The Morgan fingerprint density at radius 3 is 2.71 bits per heavy atom. The molecule has 1 heterocycles. The monoisotopic (exact) mass is 241 g/mol. The molecule has 0 spiro atoms. The second kappa shape index (κ2) is 6.97. The highest BCUT2D eigenvalue weighted by molar-refractivity contribution is 5.78. The van der Waals surface area contributed by atoms with Crippen LogP contribution < -0.4 is 5.73 Å². The number of hydrogen-bond donors (Lipinski definition) is 1. The molecular weight excluding hydrogens is 214 g/mol. The molecule has 100 valence electrons. The van der Waals surface area contributed by atoms with Gasteiger partial charge in [-0.2, -0.15) is 0 Å². The molecule has 4 heteroatoms. The summed E-state index contributed by atoms with van der Waals surface area (Å²) in [5, 5.41) is 0. The molecule has 0 saturated carbocycles. The van der Waals surface area contributed by atoms with Crippen molar-refractivity contribution < 1.29 is 4.79 Å². The van der Waals surface area contributed by atoms with E-state index >= 15 is 0 Å². The standard InChI is InChI=1S/C13H27N3O/c1-11(2)15(3)6-4-5-7-16-10-12(9-14)8-13(16)17/h11-12H,4-10,14H2,1-3H3. The van der Waals surface area contributed by atoms with Crippen molar-refractivity contribution in [2.45, 2.75) is 39.2 Å². The number of hydrogen-bond acceptors (Lipinski definition) is 3. The first-order chi connectivity index (χ1) is 8.04. The van der Waals surface area contributed by atoms with E-state index in [1.54, 1.807) is 0 Å². The lowest BCUT2D eigenvalue weighted by atomic mass is 10.1. The Balaban J connectivity index is 2.13. The molecule has 1 rings (SSSR count). The fourth-order valence-corrected chi connectivity index (χ4v) is 2.15. The average molecular weight is 241 g/mol. The Labute approximate surface area is 105 Å². The molecule has 0 aromatic heterocycles. The maximum absolute atomic E-state index is 11.6. The topological polar surface area (TPSA) is 49.6 Å². The fraction of sp³-hybridized carbons (Fsp3) is 0.923. The molecule has 17 heavy (non-hydrogen) atoms. The van der Waals surface area contributed by atoms with Gasteiger partial charge in [-0.05, 0) is 52.7 Å². The van der Waals surface area contributed by atoms with Crippen molar-refractivity contribution in [2.75, 3.05) is 33.2 Å². The first-order valence-electron chi connectivity index (χ1n) is 6.72. The average Bonchev–Trinajstić information content (AvgIpc) is 2.65. The van der Waals surface area contributed by atoms with Crippen LogP contribution in [0.25, 0.3) is 0 Å². The number of nitrogens with two attached hydrogens (primary N) is 1. The van der Waals surface area contributed by atoms with Gasteiger partial charge in [0.1, 0.15) is 0 Å². The van der Waals surface area contributed by atoms with Gasteiger partial charge in [0.05, 0.1) is 0 Å². The number of rotatable bonds is 7. The van der Waals surface area contributed by atoms with Crippen LogP contribution in [0.5, 0.6) is 0 Å². The van der Waals surface area contributed by atoms with E-state index in [1.165, 1.54) is 0 Å². The SMILES string of the molecule is CC(C)N(C)CCCCN1CC(CN)CC1=O. The van der Waals surface area contributed by atoms with Gasteiger partial charge in [0.25, 0.3) is 0 Å². The smallest absolute Gasteiger partial charge is 0.222 e. The van der Waals surface area contributed by atoms with Crippen LogP contribution in [-0.4, -0.2) is 55.0 Å². The first kappa shape index (κ1) is 14.5. The zero-order valence-electron chi connectivity index (χ0n) is 11.5. The molecule has 0 bridgehead atoms. The zero-order valence-corrected chi connectivity index (χ0v) is 11.5. The van der Waals surface area contributed by atoms with Crippen molar-refractivity contribution in [1.29, 1.82) is 0 Å². The Kier molecular flexibility index (Phi) is 5.92. The molecule has 1 aliphatic heterocycles. The number of amides is 1. The van der Waals surface area contributed by atoms with Crippen LogP contribution in [0.1, 0.15) is 33.1 Å². The van der Waals surface area contributed by atoms with Crippen LogP contribution in [0.15, 0.2) is 0 Å². The van der Waals surface area contributed by atoms with E-state index in [4.69, 9.17) is 5.73 Å². The molecule has 2 N–H and O–H groups in total. The summed E-state index contributed by atoms with van der Waals surface area (Å²) >= 11 is 0. The van der Waals surface area contributed by atoms with Crippen molar-refractivity contribution >= 4 is 5.91 Å². The maximum Gasteiger partial charge on any atom is 0.222 e. The zero-order chi connectivity index (χ0) is 12.8. The van der Waals surface area contributed by atoms with Crippen LogP contribution in [0.4, 0.5) is 0 Å². The van der Waals surface area contributed by atoms with Crippen LogP contribution in [-0.2, 0) is 4.79 Å². The summed E-state index contributed by atoms with van der Waals surface area (Å²) in [4.78, 5) is 16.0. The first-order valence-corrected chi connectivity index (χ1v) is 6.72. The van der Waals surface area contributed by atoms with Crippen LogP contribution in [0, 0.1) is 5.92 Å². The largest absolute Gasteiger partial charge is 0.342 e. The van der Waals surface area contributed by atoms with Gasteiger partial charge >= 0.3 is 0 Å². The molecule has 1 aliphatic rings. The molecule has 0 aliphatic carbocycles. The minimum Gasteiger partial charge on any atom is -0.342 e. The maximum atomic E-state index is 11.6. The van der Waals surface area contributed by atoms with Gasteiger partial charge in [-0.25, -0.2) is 0 Å². The van der Waals surface area contributed by atoms with Crippen molar-refractivity contribution in [3.05, 3.63) is 0 Å². The lowest BCUT2D eigenvalue weighted by Gasteiger charge is -2.22. The van der Waals surface area contributed by atoms with E-state index in [9.17, 15) is 4.79 Å². The van der Waals surface area contributed by atoms with E-state index in [1.807, 2.05) is 4.90 Å². The van der Waals surface area contributed by atoms with Crippen molar-refractivity contribution in [3.63, 3.8) is 0 Å². The molecule has 1 amide bonds. The summed E-state index contributed by atoms with van der Waals surface area (Å²) in [5.74, 6) is 0.679. The molecule has 1 fully saturated rings. The van der Waals surface area contributed by atoms with E-state index in [0.717, 1.165) is 32.5 Å². The van der Waals surface area contributed by atoms with Gasteiger partial charge in [-0.3, -0.25) is 4.79 Å². The highest BCUT2D eigenvalue weighted by atomic mass is 16.2. The summed E-state index contributed by atoms with van der Waals surface area (Å²) in [7, 11) is 2.15. The molecule has 0 aromatic carbocycles. The quantitative estimate of drug-likeness (QED) is 0.674. The van der Waals surface area contributed by atoms with Crippen LogP contribution in [0.2, 0.25) is 0 Å². The van der Waals surface area contributed by atoms with E-state index in [0.29, 0.717) is 24.9 Å². The van der Waals surface area contributed by atoms with Gasteiger partial charge in [0.15, 0.2) is 0 Å². The molecule has 0 aromatic rings. The summed E-state index contributed by atoms with van der Waals surface area (Å²) < 4.78 is 0. The fourth-order valence-electron chi connectivity index (χ4n) is 2.15. The lowest BCUT2D eigenvalue weighted by Crippen LogP contribution is -2.30. The summed E-state index contributed by atoms with van der Waals surface area (Å²) in [6.07, 6.45) is 2.91. The van der Waals surface area contributed by atoms with E-state index in [2.05, 4.69) is 25.8 Å². The number of carbonyl (C=O) groups excluding carboxylic acids is 1. The third kappa shape index (κ3) is 4.64. The third-order valence-electron chi connectivity index (χ3n) is 3.70. The Morgan fingerprint density at radius 2 is 2.18 bits per heavy atom. The van der Waals surface area contributed by atoms with Gasteiger partial charge in [0, 0.05) is 25.6 Å². The number of unbranched alkanes of at least 4 members (excludes halogenated alkanes) is 1. The van der Waals surface area contributed by atoms with Gasteiger partial charge < -0.3 is 15.5 Å². The van der Waals surface area contributed by atoms with Crippen molar-refractivity contribution in [2.24, 2.45) is 11.7 Å². The molecule has 1 saturated heterocycles. The highest BCUT2D eigenvalue weighted by Crippen LogP contribution is 2.16. The van der Waals surface area contributed by atoms with E-state index in [-0.39, 0.29) is 5.91 Å². The second-order valence-electron chi connectivity index (χ2n) is 5.43. The lowest BCUT2D eigenvalue weighted by molar-refractivity contribution is -0.127. The number of carbonyl (C=O) groups is 1. The predicted molar refractivity (Wildman–Crippen MR) is 70.7 cm³/mol. The van der Waals surface area contributed by atoms with Crippen LogP contribution in [0.3, 0.4) is 0 Å². The second-order valence-corrected chi connectivity index (χ2v) is 5.43. The summed E-state index contributed by atoms with van der Waals surface area (Å²) in [6.45, 7) is 7.93.